The molecule has 3 aliphatic heterocycles. The molecule has 8 N–H and O–H groups in total. The second-order valence-electron chi connectivity index (χ2n) is 9.30. The SMILES string of the molecule is O=C(O)C1=N[C@@H](C(=O)O)CC(CC=[N+]2c3cc(O)c(O[C@H]4OC(CO)[C@@H](O)[C@@H](O)[C@@H]4O)cc3C[C@@H]2C(=O)O)=C1. The number of benzene rings is 1. The molecule has 39 heavy (non-hydrogen) atoms. The normalized spacial score (nSPS) is 31.3. The van der Waals surface area contributed by atoms with E-state index in [9.17, 15) is 55.2 Å². The molecule has 15 heteroatoms. The zero-order valence-corrected chi connectivity index (χ0v) is 20.2. The number of nitrogens with zero attached hydrogens (tertiary/aromatic N) is 2. The maximum Gasteiger partial charge on any atom is 0.373 e. The second-order valence-corrected chi connectivity index (χ2v) is 9.30. The van der Waals surface area contributed by atoms with Crippen LogP contribution in [0.5, 0.6) is 11.5 Å². The number of fused-ring (bicyclic) bond motifs is 1. The van der Waals surface area contributed by atoms with Crippen molar-refractivity contribution in [3.8, 4) is 11.5 Å². The van der Waals surface area contributed by atoms with Crippen LogP contribution in [0.15, 0.2) is 28.8 Å². The van der Waals surface area contributed by atoms with Crippen LogP contribution in [0.4, 0.5) is 5.69 Å². The molecule has 1 aromatic rings. The number of phenolic OH excluding ortho intramolecular Hbond substituents is 1. The van der Waals surface area contributed by atoms with Crippen molar-refractivity contribution in [2.24, 2.45) is 4.99 Å². The monoisotopic (exact) mass is 551 g/mol. The molecule has 4 rings (SSSR count). The van der Waals surface area contributed by atoms with Gasteiger partial charge < -0.3 is 50.3 Å². The molecule has 0 aromatic heterocycles. The highest BCUT2D eigenvalue weighted by molar-refractivity contribution is 6.41. The highest BCUT2D eigenvalue weighted by atomic mass is 16.7. The van der Waals surface area contributed by atoms with E-state index in [-0.39, 0.29) is 25.0 Å². The van der Waals surface area contributed by atoms with Gasteiger partial charge in [0.25, 0.3) is 6.04 Å². The molecule has 0 saturated carbocycles. The molecular weight excluding hydrogens is 524 g/mol. The smallest absolute Gasteiger partial charge is 0.373 e. The highest BCUT2D eigenvalue weighted by Gasteiger charge is 2.46. The molecule has 15 nitrogen and oxygen atoms in total. The summed E-state index contributed by atoms with van der Waals surface area (Å²) in [5, 5.41) is 78.4. The minimum absolute atomic E-state index is 0.00316. The van der Waals surface area contributed by atoms with E-state index >= 15 is 0 Å². The Balaban J connectivity index is 1.61. The van der Waals surface area contributed by atoms with E-state index in [2.05, 4.69) is 4.99 Å². The standard InChI is InChI=1S/C24H26N2O13/c27-8-17-18(29)19(30)20(31)24(39-17)38-16-6-10-5-14(23(36)37)26(13(10)7-15(16)28)2-1-9-3-11(21(32)33)25-12(4-9)22(34)35/h2-3,6-7,12,14,17-20,24,27,29-31H,1,4-5,8H2,(H3-,28,32,33,34,35,36,37)/p+1/t12-,14-,17?,18-,19-,20+,24+/m1/s1. The third kappa shape index (κ3) is 5.62. The van der Waals surface area contributed by atoms with Crippen molar-refractivity contribution < 1.29 is 69.3 Å². The fourth-order valence-electron chi connectivity index (χ4n) is 4.66. The van der Waals surface area contributed by atoms with Crippen LogP contribution in [-0.4, -0.2) is 125 Å². The van der Waals surface area contributed by atoms with Crippen molar-refractivity contribution in [3.63, 3.8) is 0 Å². The predicted molar refractivity (Wildman–Crippen MR) is 127 cm³/mol. The maximum absolute atomic E-state index is 12.0. The lowest BCUT2D eigenvalue weighted by Crippen LogP contribution is -2.60. The Hall–Kier alpha value is -3.89. The lowest BCUT2D eigenvalue weighted by Gasteiger charge is -2.39. The molecule has 0 aliphatic carbocycles. The van der Waals surface area contributed by atoms with Gasteiger partial charge in [0.15, 0.2) is 23.8 Å². The number of phenols is 1. The van der Waals surface area contributed by atoms with Crippen molar-refractivity contribution in [2.45, 2.75) is 62.1 Å². The number of carboxylic acid groups (broad SMARTS) is 3. The van der Waals surface area contributed by atoms with Crippen molar-refractivity contribution >= 4 is 35.5 Å². The molecule has 0 bridgehead atoms. The van der Waals surface area contributed by atoms with Crippen LogP contribution in [0.25, 0.3) is 0 Å². The molecule has 0 radical (unpaired) electrons. The summed E-state index contributed by atoms with van der Waals surface area (Å²) in [5.74, 6) is -4.59. The van der Waals surface area contributed by atoms with Gasteiger partial charge in [0.1, 0.15) is 30.1 Å². The Kier molecular flexibility index (Phi) is 7.99. The molecule has 0 amide bonds. The lowest BCUT2D eigenvalue weighted by atomic mass is 9.99. The summed E-state index contributed by atoms with van der Waals surface area (Å²) >= 11 is 0. The van der Waals surface area contributed by atoms with Crippen LogP contribution in [-0.2, 0) is 25.5 Å². The number of carbonyl (C=O) groups is 3. The maximum atomic E-state index is 12.0. The van der Waals surface area contributed by atoms with E-state index in [1.807, 2.05) is 0 Å². The zero-order valence-electron chi connectivity index (χ0n) is 20.2. The van der Waals surface area contributed by atoms with E-state index in [0.717, 1.165) is 0 Å². The summed E-state index contributed by atoms with van der Waals surface area (Å²) in [5.41, 5.74) is 0.685. The molecule has 1 saturated heterocycles. The third-order valence-corrected chi connectivity index (χ3v) is 6.71. The zero-order chi connectivity index (χ0) is 28.6. The number of aliphatic imine (C=N–C) groups is 1. The minimum atomic E-state index is -1.73. The van der Waals surface area contributed by atoms with E-state index in [1.165, 1.54) is 29.0 Å². The first-order valence-electron chi connectivity index (χ1n) is 11.8. The molecule has 1 aromatic carbocycles. The molecule has 1 fully saturated rings. The number of aliphatic hydroxyl groups is 4. The summed E-state index contributed by atoms with van der Waals surface area (Å²) in [7, 11) is 0. The van der Waals surface area contributed by atoms with Gasteiger partial charge in [-0.15, -0.1) is 0 Å². The summed E-state index contributed by atoms with van der Waals surface area (Å²) in [6, 6.07) is 0.129. The number of hydrogen-bond donors (Lipinski definition) is 8. The van der Waals surface area contributed by atoms with Gasteiger partial charge in [0.2, 0.25) is 12.0 Å². The second kappa shape index (κ2) is 11.1. The summed E-state index contributed by atoms with van der Waals surface area (Å²) in [6.07, 6.45) is -5.28. The molecule has 1 unspecified atom stereocenters. The van der Waals surface area contributed by atoms with Crippen molar-refractivity contribution in [1.29, 1.82) is 0 Å². The van der Waals surface area contributed by atoms with Crippen molar-refractivity contribution in [1.82, 2.24) is 0 Å². The van der Waals surface area contributed by atoms with E-state index in [4.69, 9.17) is 9.47 Å². The van der Waals surface area contributed by atoms with Gasteiger partial charge in [-0.3, -0.25) is 4.99 Å². The summed E-state index contributed by atoms with van der Waals surface area (Å²) in [4.78, 5) is 38.5. The van der Waals surface area contributed by atoms with Crippen molar-refractivity contribution in [2.75, 3.05) is 6.61 Å². The van der Waals surface area contributed by atoms with Gasteiger partial charge >= 0.3 is 17.9 Å². The van der Waals surface area contributed by atoms with Gasteiger partial charge in [-0.25, -0.2) is 14.4 Å². The first-order chi connectivity index (χ1) is 18.4. The average Bonchev–Trinajstić information content (AvgIpc) is 3.24. The molecule has 0 spiro atoms. The largest absolute Gasteiger partial charge is 0.504 e. The van der Waals surface area contributed by atoms with Gasteiger partial charge in [-0.1, -0.05) is 5.57 Å². The number of aliphatic hydroxyl groups excluding tert-OH is 4. The first-order valence-corrected chi connectivity index (χ1v) is 11.8. The van der Waals surface area contributed by atoms with Gasteiger partial charge in [0.05, 0.1) is 19.1 Å². The van der Waals surface area contributed by atoms with Crippen LogP contribution in [0.3, 0.4) is 0 Å². The van der Waals surface area contributed by atoms with Crippen LogP contribution < -0.4 is 4.74 Å². The minimum Gasteiger partial charge on any atom is -0.504 e. The Labute approximate surface area is 219 Å². The Bertz CT molecular complexity index is 1270. The number of aliphatic carboxylic acids is 3. The van der Waals surface area contributed by atoms with Crippen LogP contribution in [0.1, 0.15) is 18.4 Å². The fourth-order valence-corrected chi connectivity index (χ4v) is 4.66. The van der Waals surface area contributed by atoms with Gasteiger partial charge in [-0.2, -0.15) is 4.58 Å². The number of ether oxygens (including phenoxy) is 2. The quantitative estimate of drug-likeness (QED) is 0.163. The van der Waals surface area contributed by atoms with Gasteiger partial charge in [-0.05, 0) is 12.1 Å². The summed E-state index contributed by atoms with van der Waals surface area (Å²) in [6.45, 7) is -0.685. The van der Waals surface area contributed by atoms with E-state index < -0.39 is 78.8 Å². The third-order valence-electron chi connectivity index (χ3n) is 6.71. The molecular formula is C24H27N2O13+. The molecule has 3 heterocycles. The predicted octanol–water partition coefficient (Wildman–Crippen LogP) is -2.01. The average molecular weight is 551 g/mol. The first kappa shape index (κ1) is 28.1. The molecule has 3 aliphatic rings. The van der Waals surface area contributed by atoms with Crippen LogP contribution in [0, 0.1) is 0 Å². The Morgan fingerprint density at radius 3 is 2.38 bits per heavy atom. The number of rotatable bonds is 8. The Morgan fingerprint density at radius 2 is 1.77 bits per heavy atom. The van der Waals surface area contributed by atoms with Crippen LogP contribution >= 0.6 is 0 Å². The molecule has 7 atom stereocenters. The van der Waals surface area contributed by atoms with Gasteiger partial charge in [0, 0.05) is 18.4 Å². The number of aromatic hydroxyl groups is 1. The van der Waals surface area contributed by atoms with E-state index in [0.29, 0.717) is 16.8 Å². The van der Waals surface area contributed by atoms with E-state index in [1.54, 1.807) is 0 Å². The summed E-state index contributed by atoms with van der Waals surface area (Å²) < 4.78 is 12.2. The Morgan fingerprint density at radius 1 is 1.05 bits per heavy atom. The van der Waals surface area contributed by atoms with Crippen molar-refractivity contribution in [3.05, 3.63) is 29.3 Å². The lowest BCUT2D eigenvalue weighted by molar-refractivity contribution is -0.458. The topological polar surface area (TPSA) is 247 Å². The highest BCUT2D eigenvalue weighted by Crippen LogP contribution is 2.40. The van der Waals surface area contributed by atoms with Crippen LogP contribution in [0.2, 0.25) is 0 Å². The fraction of sp³-hybridized carbons (Fsp3) is 0.458. The number of carboxylic acids is 3. The molecule has 210 valence electrons. The number of hydrogen-bond acceptors (Lipinski definition) is 11. The number of dihydropyridines is 1.